The van der Waals surface area contributed by atoms with Gasteiger partial charge in [0.25, 0.3) is 0 Å². The first-order valence-corrected chi connectivity index (χ1v) is 7.21. The molecule has 2 unspecified atom stereocenters. The molecule has 0 aliphatic carbocycles. The number of nitrogens with one attached hydrogen (secondary N) is 1. The Kier molecular flexibility index (Phi) is 3.77. The van der Waals surface area contributed by atoms with Gasteiger partial charge in [0.15, 0.2) is 0 Å². The molecular weight excluding hydrogens is 242 g/mol. The molecule has 2 saturated heterocycles. The first-order chi connectivity index (χ1) is 9.34. The van der Waals surface area contributed by atoms with Crippen molar-refractivity contribution in [3.05, 3.63) is 12.4 Å². The number of aryl methyl sites for hydroxylation is 1. The van der Waals surface area contributed by atoms with Gasteiger partial charge in [0.1, 0.15) is 0 Å². The molecule has 0 radical (unpaired) electrons. The smallest absolute Gasteiger partial charge is 0.224 e. The second kappa shape index (κ2) is 5.69. The largest absolute Gasteiger partial charge is 0.338 e. The Morgan fingerprint density at radius 3 is 3.05 bits per heavy atom. The van der Waals surface area contributed by atoms with Gasteiger partial charge in [-0.2, -0.15) is 0 Å². The van der Waals surface area contributed by atoms with Crippen LogP contribution in [0.2, 0.25) is 0 Å². The second-order valence-electron chi connectivity index (χ2n) is 5.42. The molecule has 6 nitrogen and oxygen atoms in total. The summed E-state index contributed by atoms with van der Waals surface area (Å²) in [5.74, 6) is 0.256. The Morgan fingerprint density at radius 2 is 2.32 bits per heavy atom. The summed E-state index contributed by atoms with van der Waals surface area (Å²) < 4.78 is 1.72. The minimum atomic E-state index is 0.256. The number of hydrogen-bond acceptors (Lipinski definition) is 4. The van der Waals surface area contributed by atoms with Crippen LogP contribution < -0.4 is 5.32 Å². The molecule has 19 heavy (non-hydrogen) atoms. The minimum absolute atomic E-state index is 0.256. The molecule has 0 aromatic carbocycles. The number of rotatable bonds is 4. The van der Waals surface area contributed by atoms with E-state index in [9.17, 15) is 4.79 Å². The van der Waals surface area contributed by atoms with Crippen molar-refractivity contribution >= 4 is 5.91 Å². The predicted molar refractivity (Wildman–Crippen MR) is 70.4 cm³/mol. The zero-order valence-corrected chi connectivity index (χ0v) is 11.2. The molecule has 6 heteroatoms. The van der Waals surface area contributed by atoms with Crippen LogP contribution in [-0.4, -0.2) is 51.0 Å². The predicted octanol–water partition coefficient (Wildman–Crippen LogP) is 0.411. The van der Waals surface area contributed by atoms with Crippen LogP contribution >= 0.6 is 0 Å². The lowest BCUT2D eigenvalue weighted by atomic mass is 10.0. The Hall–Kier alpha value is -1.43. The van der Waals surface area contributed by atoms with Crippen LogP contribution in [0.25, 0.3) is 0 Å². The quantitative estimate of drug-likeness (QED) is 0.854. The summed E-state index contributed by atoms with van der Waals surface area (Å²) in [4.78, 5) is 14.4. The van der Waals surface area contributed by atoms with Gasteiger partial charge in [0, 0.05) is 31.2 Å². The van der Waals surface area contributed by atoms with Crippen molar-refractivity contribution in [1.82, 2.24) is 25.2 Å². The average Bonchev–Trinajstić information content (AvgIpc) is 3.14. The molecule has 3 rings (SSSR count). The molecule has 0 spiro atoms. The van der Waals surface area contributed by atoms with Crippen molar-refractivity contribution < 1.29 is 4.79 Å². The van der Waals surface area contributed by atoms with Crippen LogP contribution in [0.15, 0.2) is 12.4 Å². The number of carbonyl (C=O) groups excluding carboxylic acids is 1. The first kappa shape index (κ1) is 12.6. The van der Waals surface area contributed by atoms with Gasteiger partial charge in [0.2, 0.25) is 5.91 Å². The monoisotopic (exact) mass is 263 g/mol. The van der Waals surface area contributed by atoms with Crippen molar-refractivity contribution in [1.29, 1.82) is 0 Å². The van der Waals surface area contributed by atoms with Gasteiger partial charge < -0.3 is 10.2 Å². The van der Waals surface area contributed by atoms with Gasteiger partial charge in [-0.25, -0.2) is 0 Å². The van der Waals surface area contributed by atoms with E-state index in [2.05, 4.69) is 20.5 Å². The molecule has 3 heterocycles. The highest BCUT2D eigenvalue weighted by Gasteiger charge is 2.35. The highest BCUT2D eigenvalue weighted by atomic mass is 16.2. The molecule has 1 aromatic heterocycles. The molecule has 1 N–H and O–H groups in total. The van der Waals surface area contributed by atoms with Crippen molar-refractivity contribution in [2.45, 2.75) is 50.7 Å². The fourth-order valence-electron chi connectivity index (χ4n) is 3.27. The number of nitrogens with zero attached hydrogens (tertiary/aromatic N) is 4. The third kappa shape index (κ3) is 2.78. The first-order valence-electron chi connectivity index (χ1n) is 7.21. The lowest BCUT2D eigenvalue weighted by Crippen LogP contribution is -2.46. The molecule has 2 aliphatic heterocycles. The summed E-state index contributed by atoms with van der Waals surface area (Å²) in [6.07, 6.45) is 8.69. The summed E-state index contributed by atoms with van der Waals surface area (Å²) in [7, 11) is 0. The van der Waals surface area contributed by atoms with E-state index in [4.69, 9.17) is 0 Å². The van der Waals surface area contributed by atoms with Gasteiger partial charge in [-0.3, -0.25) is 9.48 Å². The minimum Gasteiger partial charge on any atom is -0.338 e. The van der Waals surface area contributed by atoms with Crippen LogP contribution in [0.4, 0.5) is 0 Å². The maximum Gasteiger partial charge on any atom is 0.224 e. The van der Waals surface area contributed by atoms with E-state index in [0.717, 1.165) is 25.9 Å². The van der Waals surface area contributed by atoms with E-state index in [-0.39, 0.29) is 5.91 Å². The molecule has 2 atom stereocenters. The molecule has 0 saturated carbocycles. The topological polar surface area (TPSA) is 63.1 Å². The lowest BCUT2D eigenvalue weighted by Gasteiger charge is -2.29. The fourth-order valence-corrected chi connectivity index (χ4v) is 3.27. The van der Waals surface area contributed by atoms with Crippen molar-refractivity contribution in [3.8, 4) is 0 Å². The molecule has 1 amide bonds. The van der Waals surface area contributed by atoms with E-state index in [0.29, 0.717) is 25.0 Å². The molecule has 0 bridgehead atoms. The van der Waals surface area contributed by atoms with Gasteiger partial charge in [-0.05, 0) is 32.2 Å². The summed E-state index contributed by atoms with van der Waals surface area (Å²) >= 11 is 0. The van der Waals surface area contributed by atoms with E-state index in [1.54, 1.807) is 17.1 Å². The van der Waals surface area contributed by atoms with Gasteiger partial charge in [-0.1, -0.05) is 5.21 Å². The highest BCUT2D eigenvalue weighted by molar-refractivity contribution is 5.76. The van der Waals surface area contributed by atoms with E-state index < -0.39 is 0 Å². The maximum absolute atomic E-state index is 12.3. The lowest BCUT2D eigenvalue weighted by molar-refractivity contribution is -0.132. The van der Waals surface area contributed by atoms with E-state index >= 15 is 0 Å². The zero-order chi connectivity index (χ0) is 13.1. The fraction of sp³-hybridized carbons (Fsp3) is 0.769. The third-order valence-electron chi connectivity index (χ3n) is 4.21. The number of hydrogen-bond donors (Lipinski definition) is 1. The second-order valence-corrected chi connectivity index (χ2v) is 5.42. The van der Waals surface area contributed by atoms with Gasteiger partial charge in [-0.15, -0.1) is 5.10 Å². The Bertz CT molecular complexity index is 413. The standard InChI is InChI=1S/C13H21N5O/c19-13(5-9-17-10-7-15-16-17)18-8-2-4-12(18)11-3-1-6-14-11/h7,10-12,14H,1-6,8-9H2. The van der Waals surface area contributed by atoms with Crippen LogP contribution in [0, 0.1) is 0 Å². The maximum atomic E-state index is 12.3. The molecule has 2 fully saturated rings. The van der Waals surface area contributed by atoms with E-state index in [1.807, 2.05) is 0 Å². The Balaban J connectivity index is 1.55. The van der Waals surface area contributed by atoms with Crippen LogP contribution in [0.5, 0.6) is 0 Å². The normalized spacial score (nSPS) is 27.1. The van der Waals surface area contributed by atoms with Gasteiger partial charge in [0.05, 0.1) is 12.7 Å². The summed E-state index contributed by atoms with van der Waals surface area (Å²) in [6, 6.07) is 0.920. The number of likely N-dealkylation sites (tertiary alicyclic amines) is 1. The average molecular weight is 263 g/mol. The number of aromatic nitrogens is 3. The summed E-state index contributed by atoms with van der Waals surface area (Å²) in [5, 5.41) is 11.2. The Labute approximate surface area is 113 Å². The van der Waals surface area contributed by atoms with Crippen LogP contribution in [-0.2, 0) is 11.3 Å². The zero-order valence-electron chi connectivity index (χ0n) is 11.2. The van der Waals surface area contributed by atoms with E-state index in [1.165, 1.54) is 12.8 Å². The highest BCUT2D eigenvalue weighted by Crippen LogP contribution is 2.25. The summed E-state index contributed by atoms with van der Waals surface area (Å²) in [6.45, 7) is 2.64. The van der Waals surface area contributed by atoms with Gasteiger partial charge >= 0.3 is 0 Å². The SMILES string of the molecule is O=C(CCn1ccnn1)N1CCCC1C1CCCN1. The molecule has 2 aliphatic rings. The van der Waals surface area contributed by atoms with Crippen molar-refractivity contribution in [2.24, 2.45) is 0 Å². The number of carbonyl (C=O) groups is 1. The molecule has 104 valence electrons. The number of amides is 1. The third-order valence-corrected chi connectivity index (χ3v) is 4.21. The molecular formula is C13H21N5O. The molecule has 1 aromatic rings. The van der Waals surface area contributed by atoms with Crippen molar-refractivity contribution in [3.63, 3.8) is 0 Å². The summed E-state index contributed by atoms with van der Waals surface area (Å²) in [5.41, 5.74) is 0. The Morgan fingerprint density at radius 1 is 1.37 bits per heavy atom. The van der Waals surface area contributed by atoms with Crippen LogP contribution in [0.3, 0.4) is 0 Å². The van der Waals surface area contributed by atoms with Crippen molar-refractivity contribution in [2.75, 3.05) is 13.1 Å². The van der Waals surface area contributed by atoms with Crippen LogP contribution in [0.1, 0.15) is 32.1 Å².